The molecule has 18 heavy (non-hydrogen) atoms. The van der Waals surface area contributed by atoms with Gasteiger partial charge in [-0.25, -0.2) is 9.18 Å². The summed E-state index contributed by atoms with van der Waals surface area (Å²) >= 11 is 0. The van der Waals surface area contributed by atoms with Crippen molar-refractivity contribution in [2.45, 2.75) is 33.0 Å². The molecule has 0 aliphatic heterocycles. The molecule has 0 spiro atoms. The SMILES string of the molecule is CC(C)OC(=O)COc1cc(F)ccc1[C@H](C)O. The van der Waals surface area contributed by atoms with Crippen molar-refractivity contribution in [3.05, 3.63) is 29.6 Å². The minimum atomic E-state index is -0.804. The van der Waals surface area contributed by atoms with Crippen LogP contribution in [0.4, 0.5) is 4.39 Å². The third-order valence-electron chi connectivity index (χ3n) is 2.14. The number of rotatable bonds is 5. The van der Waals surface area contributed by atoms with E-state index in [0.717, 1.165) is 6.07 Å². The van der Waals surface area contributed by atoms with Crippen LogP contribution in [0.1, 0.15) is 32.4 Å². The van der Waals surface area contributed by atoms with Gasteiger partial charge in [-0.2, -0.15) is 0 Å². The van der Waals surface area contributed by atoms with E-state index in [-0.39, 0.29) is 18.5 Å². The van der Waals surface area contributed by atoms with Crippen molar-refractivity contribution in [1.29, 1.82) is 0 Å². The van der Waals surface area contributed by atoms with Gasteiger partial charge in [-0.05, 0) is 32.9 Å². The Bertz CT molecular complexity index is 415. The summed E-state index contributed by atoms with van der Waals surface area (Å²) < 4.78 is 23.1. The number of carbonyl (C=O) groups excluding carboxylic acids is 1. The van der Waals surface area contributed by atoms with Crippen molar-refractivity contribution in [2.75, 3.05) is 6.61 Å². The first kappa shape index (κ1) is 14.4. The summed E-state index contributed by atoms with van der Waals surface area (Å²) in [7, 11) is 0. The lowest BCUT2D eigenvalue weighted by atomic mass is 10.1. The molecule has 0 amide bonds. The summed E-state index contributed by atoms with van der Waals surface area (Å²) in [6.45, 7) is 4.66. The molecule has 1 rings (SSSR count). The number of ether oxygens (including phenoxy) is 2. The van der Waals surface area contributed by atoms with Crippen LogP contribution in [-0.4, -0.2) is 23.8 Å². The first-order valence-electron chi connectivity index (χ1n) is 5.70. The molecule has 0 saturated carbocycles. The molecule has 0 saturated heterocycles. The van der Waals surface area contributed by atoms with Gasteiger partial charge in [0.25, 0.3) is 0 Å². The van der Waals surface area contributed by atoms with Crippen LogP contribution in [0.2, 0.25) is 0 Å². The third kappa shape index (κ3) is 4.33. The average Bonchev–Trinajstić information content (AvgIpc) is 2.25. The van der Waals surface area contributed by atoms with Gasteiger partial charge in [0.15, 0.2) is 6.61 Å². The van der Waals surface area contributed by atoms with Crippen LogP contribution in [0.15, 0.2) is 18.2 Å². The number of aliphatic hydroxyl groups is 1. The molecule has 0 aliphatic carbocycles. The Hall–Kier alpha value is -1.62. The van der Waals surface area contributed by atoms with E-state index in [1.807, 2.05) is 0 Å². The van der Waals surface area contributed by atoms with Crippen LogP contribution >= 0.6 is 0 Å². The molecule has 0 bridgehead atoms. The predicted molar refractivity (Wildman–Crippen MR) is 63.8 cm³/mol. The second-order valence-corrected chi connectivity index (χ2v) is 4.19. The zero-order valence-electron chi connectivity index (χ0n) is 10.6. The van der Waals surface area contributed by atoms with Crippen LogP contribution < -0.4 is 4.74 Å². The third-order valence-corrected chi connectivity index (χ3v) is 2.14. The molecule has 0 radical (unpaired) electrons. The fourth-order valence-electron chi connectivity index (χ4n) is 1.41. The lowest BCUT2D eigenvalue weighted by Crippen LogP contribution is -2.19. The molecule has 1 aromatic rings. The van der Waals surface area contributed by atoms with Gasteiger partial charge in [0.1, 0.15) is 11.6 Å². The van der Waals surface area contributed by atoms with Crippen LogP contribution in [0.5, 0.6) is 5.75 Å². The lowest BCUT2D eigenvalue weighted by molar-refractivity contribution is -0.149. The molecule has 0 aromatic heterocycles. The van der Waals surface area contributed by atoms with Gasteiger partial charge < -0.3 is 14.6 Å². The fraction of sp³-hybridized carbons (Fsp3) is 0.462. The molecule has 5 heteroatoms. The summed E-state index contributed by atoms with van der Waals surface area (Å²) in [5, 5.41) is 9.49. The molecule has 0 fully saturated rings. The lowest BCUT2D eigenvalue weighted by Gasteiger charge is -2.14. The first-order valence-corrected chi connectivity index (χ1v) is 5.70. The summed E-state index contributed by atoms with van der Waals surface area (Å²) in [5.41, 5.74) is 0.425. The van der Waals surface area contributed by atoms with E-state index in [1.54, 1.807) is 13.8 Å². The Morgan fingerprint density at radius 3 is 2.61 bits per heavy atom. The number of carbonyl (C=O) groups is 1. The van der Waals surface area contributed by atoms with Gasteiger partial charge in [-0.15, -0.1) is 0 Å². The number of hydrogen-bond donors (Lipinski definition) is 1. The predicted octanol–water partition coefficient (Wildman–Crippen LogP) is 2.21. The summed E-state index contributed by atoms with van der Waals surface area (Å²) in [4.78, 5) is 11.3. The number of esters is 1. The Labute approximate surface area is 105 Å². The maximum Gasteiger partial charge on any atom is 0.344 e. The highest BCUT2D eigenvalue weighted by atomic mass is 19.1. The second kappa shape index (κ2) is 6.35. The van der Waals surface area contributed by atoms with E-state index in [9.17, 15) is 14.3 Å². The molecule has 0 unspecified atom stereocenters. The van der Waals surface area contributed by atoms with Gasteiger partial charge in [-0.3, -0.25) is 0 Å². The highest BCUT2D eigenvalue weighted by molar-refractivity contribution is 5.71. The normalized spacial score (nSPS) is 12.3. The topological polar surface area (TPSA) is 55.8 Å². The van der Waals surface area contributed by atoms with Crippen LogP contribution in [0.25, 0.3) is 0 Å². The van der Waals surface area contributed by atoms with Gasteiger partial charge in [0.2, 0.25) is 0 Å². The van der Waals surface area contributed by atoms with Crippen LogP contribution in [0.3, 0.4) is 0 Å². The molecule has 0 aliphatic rings. The highest BCUT2D eigenvalue weighted by Crippen LogP contribution is 2.25. The Morgan fingerprint density at radius 2 is 2.06 bits per heavy atom. The molecule has 1 N–H and O–H groups in total. The smallest absolute Gasteiger partial charge is 0.344 e. The Morgan fingerprint density at radius 1 is 1.39 bits per heavy atom. The van der Waals surface area contributed by atoms with Crippen molar-refractivity contribution in [3.63, 3.8) is 0 Å². The zero-order valence-corrected chi connectivity index (χ0v) is 10.6. The second-order valence-electron chi connectivity index (χ2n) is 4.19. The largest absolute Gasteiger partial charge is 0.481 e. The van der Waals surface area contributed by atoms with Crippen LogP contribution in [0, 0.1) is 5.82 Å². The van der Waals surface area contributed by atoms with E-state index in [0.29, 0.717) is 5.56 Å². The molecule has 100 valence electrons. The Balaban J connectivity index is 2.71. The van der Waals surface area contributed by atoms with Crippen molar-refractivity contribution in [3.8, 4) is 5.75 Å². The number of benzene rings is 1. The zero-order chi connectivity index (χ0) is 13.7. The Kier molecular flexibility index (Phi) is 5.09. The first-order chi connectivity index (χ1) is 8.40. The van der Waals surface area contributed by atoms with E-state index >= 15 is 0 Å². The van der Waals surface area contributed by atoms with Crippen molar-refractivity contribution in [1.82, 2.24) is 0 Å². The molecule has 1 aromatic carbocycles. The van der Waals surface area contributed by atoms with Gasteiger partial charge >= 0.3 is 5.97 Å². The average molecular weight is 256 g/mol. The highest BCUT2D eigenvalue weighted by Gasteiger charge is 2.13. The maximum atomic E-state index is 13.1. The van der Waals surface area contributed by atoms with Crippen molar-refractivity contribution >= 4 is 5.97 Å². The molecule has 1 atom stereocenters. The number of halogens is 1. The van der Waals surface area contributed by atoms with Crippen molar-refractivity contribution in [2.24, 2.45) is 0 Å². The summed E-state index contributed by atoms with van der Waals surface area (Å²) in [6.07, 6.45) is -1.04. The molecular formula is C13H17FO4. The van der Waals surface area contributed by atoms with Crippen molar-refractivity contribution < 1.29 is 23.8 Å². The minimum absolute atomic E-state index is 0.144. The van der Waals surface area contributed by atoms with Gasteiger partial charge in [0, 0.05) is 11.6 Å². The molecule has 4 nitrogen and oxygen atoms in total. The minimum Gasteiger partial charge on any atom is -0.481 e. The summed E-state index contributed by atoms with van der Waals surface area (Å²) in [5.74, 6) is -0.886. The van der Waals surface area contributed by atoms with Gasteiger partial charge in [0.05, 0.1) is 12.2 Å². The van der Waals surface area contributed by atoms with Gasteiger partial charge in [-0.1, -0.05) is 0 Å². The standard InChI is InChI=1S/C13H17FO4/c1-8(2)18-13(16)7-17-12-6-10(14)4-5-11(12)9(3)15/h4-6,8-9,15H,7H2,1-3H3/t9-/m0/s1. The number of hydrogen-bond acceptors (Lipinski definition) is 4. The fourth-order valence-corrected chi connectivity index (χ4v) is 1.41. The quantitative estimate of drug-likeness (QED) is 0.821. The maximum absolute atomic E-state index is 13.1. The van der Waals surface area contributed by atoms with Crippen LogP contribution in [-0.2, 0) is 9.53 Å². The molecular weight excluding hydrogens is 239 g/mol. The number of aliphatic hydroxyl groups excluding tert-OH is 1. The van der Waals surface area contributed by atoms with E-state index in [1.165, 1.54) is 19.1 Å². The monoisotopic (exact) mass is 256 g/mol. The summed E-state index contributed by atoms with van der Waals surface area (Å²) in [6, 6.07) is 3.77. The molecule has 0 heterocycles. The van der Waals surface area contributed by atoms with E-state index in [2.05, 4.69) is 0 Å². The van der Waals surface area contributed by atoms with E-state index < -0.39 is 17.9 Å². The van der Waals surface area contributed by atoms with E-state index in [4.69, 9.17) is 9.47 Å².